The first-order valence-corrected chi connectivity index (χ1v) is 16.9. The Hall–Kier alpha value is -5.66. The van der Waals surface area contributed by atoms with Crippen molar-refractivity contribution in [3.8, 4) is 6.07 Å². The maximum atomic E-state index is 9.78. The van der Waals surface area contributed by atoms with E-state index in [9.17, 15) is 5.26 Å². The van der Waals surface area contributed by atoms with Gasteiger partial charge in [0.1, 0.15) is 0 Å². The fraction of sp³-hybridized carbons (Fsp3) is 0.182. The molecule has 3 heterocycles. The van der Waals surface area contributed by atoms with E-state index in [4.69, 9.17) is 0 Å². The number of fused-ring (bicyclic) bond motifs is 6. The Kier molecular flexibility index (Phi) is 6.36. The summed E-state index contributed by atoms with van der Waals surface area (Å²) >= 11 is 0. The topological polar surface area (TPSA) is 46.5 Å². The van der Waals surface area contributed by atoms with Gasteiger partial charge in [-0.3, -0.25) is 4.98 Å². The van der Waals surface area contributed by atoms with Gasteiger partial charge in [0.05, 0.1) is 34.3 Å². The predicted molar refractivity (Wildman–Crippen MR) is 199 cm³/mol. The highest BCUT2D eigenvalue weighted by atomic mass is 15.1. The molecule has 3 aliphatic rings. The number of hydrogen-bond donors (Lipinski definition) is 0. The number of para-hydroxylation sites is 2. The Morgan fingerprint density at radius 3 is 2.31 bits per heavy atom. The van der Waals surface area contributed by atoms with Crippen LogP contribution in [-0.4, -0.2) is 14.1 Å². The van der Waals surface area contributed by atoms with Crippen LogP contribution in [0.1, 0.15) is 55.5 Å². The van der Waals surface area contributed by atoms with Crippen LogP contribution in [-0.2, 0) is 12.0 Å². The third kappa shape index (κ3) is 4.31. The van der Waals surface area contributed by atoms with E-state index in [1.807, 2.05) is 19.3 Å². The first kappa shape index (κ1) is 28.6. The second-order valence-electron chi connectivity index (χ2n) is 13.9. The lowest BCUT2D eigenvalue weighted by atomic mass is 9.79. The Labute approximate surface area is 281 Å². The largest absolute Gasteiger partial charge is 0.334 e. The lowest BCUT2D eigenvalue weighted by Gasteiger charge is -2.37. The summed E-state index contributed by atoms with van der Waals surface area (Å²) in [5.74, 6) is 0. The van der Waals surface area contributed by atoms with Gasteiger partial charge in [-0.2, -0.15) is 5.26 Å². The first-order valence-electron chi connectivity index (χ1n) is 16.9. The summed E-state index contributed by atoms with van der Waals surface area (Å²) in [4.78, 5) is 4.61. The van der Waals surface area contributed by atoms with Crippen LogP contribution in [0, 0.1) is 16.7 Å². The van der Waals surface area contributed by atoms with Gasteiger partial charge in [0.2, 0.25) is 0 Å². The van der Waals surface area contributed by atoms with Crippen LogP contribution in [0.2, 0.25) is 0 Å². The van der Waals surface area contributed by atoms with Gasteiger partial charge in [0.25, 0.3) is 0 Å². The van der Waals surface area contributed by atoms with Gasteiger partial charge in [-0.25, -0.2) is 0 Å². The van der Waals surface area contributed by atoms with Gasteiger partial charge in [-0.15, -0.1) is 0 Å². The molecule has 0 bridgehead atoms. The minimum atomic E-state index is -0.470. The second kappa shape index (κ2) is 10.7. The molecule has 0 aliphatic heterocycles. The highest BCUT2D eigenvalue weighted by Gasteiger charge is 2.36. The second-order valence-corrected chi connectivity index (χ2v) is 13.9. The number of hydrogen-bond acceptors (Lipinski definition) is 2. The predicted octanol–water partition coefficient (Wildman–Crippen LogP) is 10.7. The molecule has 3 aliphatic carbocycles. The molecule has 0 fully saturated rings. The van der Waals surface area contributed by atoms with E-state index >= 15 is 0 Å². The van der Waals surface area contributed by atoms with Crippen molar-refractivity contribution in [2.75, 3.05) is 0 Å². The number of nitrogens with zero attached hydrogens (tertiary/aromatic N) is 4. The molecule has 0 amide bonds. The molecule has 3 aromatic carbocycles. The minimum absolute atomic E-state index is 0.360. The molecule has 2 unspecified atom stereocenters. The Morgan fingerprint density at radius 1 is 0.792 bits per heavy atom. The van der Waals surface area contributed by atoms with E-state index in [1.165, 1.54) is 60.8 Å². The average molecular weight is 621 g/mol. The number of nitriles is 1. The average Bonchev–Trinajstić information content (AvgIpc) is 3.66. The van der Waals surface area contributed by atoms with E-state index in [2.05, 4.69) is 149 Å². The SMILES string of the molecule is CC1(C#N)C=CC(c2ccccc2C2=CC(C)(n3c4c(c5ccccc53)C=CCC4)CC(n3c4ccccc4c4ccncc43)=C2)=CC1. The molecular formula is C44H36N4. The van der Waals surface area contributed by atoms with Crippen LogP contribution in [0.15, 0.2) is 128 Å². The van der Waals surface area contributed by atoms with Crippen molar-refractivity contribution in [1.82, 2.24) is 14.1 Å². The quantitative estimate of drug-likeness (QED) is 0.197. The van der Waals surface area contributed by atoms with Crippen LogP contribution in [0.25, 0.3) is 55.6 Å². The Morgan fingerprint density at radius 2 is 1.52 bits per heavy atom. The van der Waals surface area contributed by atoms with Crippen molar-refractivity contribution in [2.45, 2.75) is 45.1 Å². The summed E-state index contributed by atoms with van der Waals surface area (Å²) < 4.78 is 5.09. The number of benzene rings is 3. The molecule has 4 nitrogen and oxygen atoms in total. The Bertz CT molecular complexity index is 2450. The Balaban J connectivity index is 1.31. The van der Waals surface area contributed by atoms with Gasteiger partial charge >= 0.3 is 0 Å². The molecule has 0 spiro atoms. The number of pyridine rings is 1. The third-order valence-corrected chi connectivity index (χ3v) is 10.6. The van der Waals surface area contributed by atoms with Gasteiger partial charge in [0, 0.05) is 51.2 Å². The summed E-state index contributed by atoms with van der Waals surface area (Å²) in [7, 11) is 0. The zero-order chi connectivity index (χ0) is 32.5. The van der Waals surface area contributed by atoms with Crippen LogP contribution in [0.4, 0.5) is 0 Å². The molecule has 9 rings (SSSR count). The number of allylic oxidation sites excluding steroid dienone is 9. The van der Waals surface area contributed by atoms with Crippen LogP contribution >= 0.6 is 0 Å². The van der Waals surface area contributed by atoms with E-state index < -0.39 is 5.41 Å². The van der Waals surface area contributed by atoms with Gasteiger partial charge in [0.15, 0.2) is 0 Å². The van der Waals surface area contributed by atoms with E-state index in [0.717, 1.165) is 30.4 Å². The lowest BCUT2D eigenvalue weighted by Crippen LogP contribution is -2.33. The fourth-order valence-corrected chi connectivity index (χ4v) is 8.35. The summed E-state index contributed by atoms with van der Waals surface area (Å²) in [6.07, 6.45) is 23.5. The summed E-state index contributed by atoms with van der Waals surface area (Å²) in [6.45, 7) is 4.42. The highest BCUT2D eigenvalue weighted by molar-refractivity contribution is 6.10. The fourth-order valence-electron chi connectivity index (χ4n) is 8.35. The third-order valence-electron chi connectivity index (χ3n) is 10.6. The number of rotatable bonds is 4. The summed E-state index contributed by atoms with van der Waals surface area (Å²) in [5.41, 5.74) is 11.5. The maximum Gasteiger partial charge on any atom is 0.0763 e. The molecule has 3 aromatic heterocycles. The molecular weight excluding hydrogens is 585 g/mol. The van der Waals surface area contributed by atoms with E-state index in [-0.39, 0.29) is 5.54 Å². The molecule has 0 radical (unpaired) electrons. The normalized spacial score (nSPS) is 22.0. The first-order chi connectivity index (χ1) is 23.5. The van der Waals surface area contributed by atoms with Gasteiger partial charge in [-0.1, -0.05) is 97.1 Å². The highest BCUT2D eigenvalue weighted by Crippen LogP contribution is 2.47. The van der Waals surface area contributed by atoms with Crippen molar-refractivity contribution in [3.05, 3.63) is 150 Å². The maximum absolute atomic E-state index is 9.78. The smallest absolute Gasteiger partial charge is 0.0763 e. The van der Waals surface area contributed by atoms with Gasteiger partial charge < -0.3 is 9.13 Å². The van der Waals surface area contributed by atoms with Crippen molar-refractivity contribution < 1.29 is 0 Å². The summed E-state index contributed by atoms with van der Waals surface area (Å²) in [5, 5.41) is 13.5. The molecule has 0 N–H and O–H groups in total. The van der Waals surface area contributed by atoms with Crippen molar-refractivity contribution >= 4 is 55.6 Å². The van der Waals surface area contributed by atoms with E-state index in [0.29, 0.717) is 6.42 Å². The van der Waals surface area contributed by atoms with Gasteiger partial charge in [-0.05, 0) is 79.7 Å². The van der Waals surface area contributed by atoms with Crippen molar-refractivity contribution in [1.29, 1.82) is 5.26 Å². The minimum Gasteiger partial charge on any atom is -0.334 e. The molecule has 4 heteroatoms. The molecule has 0 saturated carbocycles. The number of aromatic nitrogens is 3. The zero-order valence-corrected chi connectivity index (χ0v) is 27.3. The monoisotopic (exact) mass is 620 g/mol. The lowest BCUT2D eigenvalue weighted by molar-refractivity contribution is 0.414. The van der Waals surface area contributed by atoms with E-state index in [1.54, 1.807) is 0 Å². The van der Waals surface area contributed by atoms with Crippen LogP contribution in [0.5, 0.6) is 0 Å². The molecule has 2 atom stereocenters. The van der Waals surface area contributed by atoms with Crippen LogP contribution in [0.3, 0.4) is 0 Å². The summed E-state index contributed by atoms with van der Waals surface area (Å²) in [6, 6.07) is 31.0. The molecule has 48 heavy (non-hydrogen) atoms. The molecule has 6 aromatic rings. The zero-order valence-electron chi connectivity index (χ0n) is 27.3. The van der Waals surface area contributed by atoms with Crippen molar-refractivity contribution in [3.63, 3.8) is 0 Å². The van der Waals surface area contributed by atoms with Crippen molar-refractivity contribution in [2.24, 2.45) is 5.41 Å². The standard InChI is InChI=1S/C44H36N4/c1-43(29-45)22-19-30(20-23-43)33-11-3-4-12-34(33)31-25-32(47-39-16-8-5-13-35(39)38-21-24-46-28-42(38)47)27-44(2,26-31)48-40-17-9-6-14-36(40)37-15-7-10-18-41(37)48/h3-9,11-17,19-22,24-26,28H,10,18,23,27H2,1-2H3. The molecule has 0 saturated heterocycles. The van der Waals surface area contributed by atoms with Crippen LogP contribution < -0.4 is 0 Å². The molecule has 232 valence electrons.